The minimum Gasteiger partial charge on any atom is -0.354 e. The summed E-state index contributed by atoms with van der Waals surface area (Å²) in [5.41, 5.74) is 1.58. The molecule has 0 aliphatic carbocycles. The van der Waals surface area contributed by atoms with Crippen molar-refractivity contribution in [2.75, 3.05) is 0 Å². The molecule has 0 radical (unpaired) electrons. The normalized spacial score (nSPS) is 11.9. The van der Waals surface area contributed by atoms with Crippen molar-refractivity contribution in [2.24, 2.45) is 5.14 Å². The topological polar surface area (TPSA) is 86.2 Å². The van der Waals surface area contributed by atoms with Crippen LogP contribution in [0.5, 0.6) is 0 Å². The van der Waals surface area contributed by atoms with E-state index in [-0.39, 0.29) is 21.7 Å². The van der Waals surface area contributed by atoms with Gasteiger partial charge in [-0.05, 0) is 13.0 Å². The van der Waals surface area contributed by atoms with Gasteiger partial charge in [-0.1, -0.05) is 53.2 Å². The number of aromatic nitrogens is 1. The van der Waals surface area contributed by atoms with Crippen molar-refractivity contribution in [1.29, 1.82) is 0 Å². The lowest BCUT2D eigenvalue weighted by molar-refractivity contribution is 0.113. The Labute approximate surface area is 143 Å². The molecule has 2 aromatic carbocycles. The number of sulfonamides is 1. The van der Waals surface area contributed by atoms with Crippen LogP contribution in [-0.4, -0.2) is 13.6 Å². The Balaban J connectivity index is 2.33. The van der Waals surface area contributed by atoms with Crippen LogP contribution in [0.2, 0.25) is 0 Å². The van der Waals surface area contributed by atoms with Gasteiger partial charge in [-0.25, -0.2) is 22.3 Å². The molecule has 0 spiro atoms. The zero-order valence-electron chi connectivity index (χ0n) is 13.1. The molecule has 0 aliphatic rings. The Bertz CT molecular complexity index is 1010. The highest BCUT2D eigenvalue weighted by Crippen LogP contribution is 2.41. The number of nitrogens with zero attached hydrogens (tertiary/aromatic N) is 1. The molecule has 0 saturated heterocycles. The van der Waals surface area contributed by atoms with Crippen LogP contribution in [0.1, 0.15) is 17.7 Å². The van der Waals surface area contributed by atoms with Crippen molar-refractivity contribution in [3.8, 4) is 22.4 Å². The van der Waals surface area contributed by atoms with Crippen LogP contribution < -0.4 is 5.14 Å². The van der Waals surface area contributed by atoms with Crippen molar-refractivity contribution in [1.82, 2.24) is 5.16 Å². The Hall–Kier alpha value is -2.58. The maximum absolute atomic E-state index is 13.4. The molecule has 3 rings (SSSR count). The van der Waals surface area contributed by atoms with E-state index in [2.05, 4.69) is 5.16 Å². The van der Waals surface area contributed by atoms with Gasteiger partial charge in [0, 0.05) is 11.1 Å². The number of primary sulfonamides is 1. The second-order valence-corrected chi connectivity index (χ2v) is 7.01. The lowest BCUT2D eigenvalue weighted by atomic mass is 9.98. The van der Waals surface area contributed by atoms with Crippen molar-refractivity contribution < 1.29 is 21.7 Å². The molecule has 0 fully saturated rings. The Morgan fingerprint density at radius 1 is 1.08 bits per heavy atom. The van der Waals surface area contributed by atoms with Crippen LogP contribution in [0.4, 0.5) is 8.78 Å². The summed E-state index contributed by atoms with van der Waals surface area (Å²) in [5.74, 6) is -0.702. The first kappa shape index (κ1) is 17.2. The molecule has 130 valence electrons. The molecule has 1 heterocycles. The summed E-state index contributed by atoms with van der Waals surface area (Å²) < 4.78 is 55.4. The molecule has 25 heavy (non-hydrogen) atoms. The fourth-order valence-electron chi connectivity index (χ4n) is 2.54. The average Bonchev–Trinajstić information content (AvgIpc) is 3.00. The third-order valence-electron chi connectivity index (χ3n) is 3.70. The maximum Gasteiger partial charge on any atom is 0.298 e. The second kappa shape index (κ2) is 6.38. The smallest absolute Gasteiger partial charge is 0.298 e. The molecule has 2 N–H and O–H groups in total. The zero-order chi connectivity index (χ0) is 18.2. The predicted octanol–water partition coefficient (Wildman–Crippen LogP) is 3.90. The summed E-state index contributed by atoms with van der Waals surface area (Å²) >= 11 is 0. The van der Waals surface area contributed by atoms with Gasteiger partial charge < -0.3 is 4.52 Å². The van der Waals surface area contributed by atoms with E-state index in [1.165, 1.54) is 24.3 Å². The second-order valence-electron chi connectivity index (χ2n) is 5.48. The van der Waals surface area contributed by atoms with Gasteiger partial charge >= 0.3 is 0 Å². The zero-order valence-corrected chi connectivity index (χ0v) is 13.9. The molecule has 0 aliphatic heterocycles. The minimum absolute atomic E-state index is 0.0251. The summed E-state index contributed by atoms with van der Waals surface area (Å²) in [4.78, 5) is -0.270. The van der Waals surface area contributed by atoms with Crippen molar-refractivity contribution in [2.45, 2.75) is 18.2 Å². The highest BCUT2D eigenvalue weighted by molar-refractivity contribution is 7.89. The van der Waals surface area contributed by atoms with Gasteiger partial charge in [0.15, 0.2) is 0 Å². The average molecular weight is 364 g/mol. The van der Waals surface area contributed by atoms with E-state index < -0.39 is 22.2 Å². The summed E-state index contributed by atoms with van der Waals surface area (Å²) in [7, 11) is -4.12. The summed E-state index contributed by atoms with van der Waals surface area (Å²) in [5, 5.41) is 8.98. The van der Waals surface area contributed by atoms with Gasteiger partial charge in [-0.2, -0.15) is 0 Å². The van der Waals surface area contributed by atoms with E-state index in [1.807, 2.05) is 6.92 Å². The number of aryl methyl sites for hydroxylation is 1. The number of nitrogens with two attached hydrogens (primary N) is 1. The number of alkyl halides is 2. The summed E-state index contributed by atoms with van der Waals surface area (Å²) in [6.45, 7) is 1.88. The first-order valence-electron chi connectivity index (χ1n) is 7.26. The largest absolute Gasteiger partial charge is 0.354 e. The fourth-order valence-corrected chi connectivity index (χ4v) is 3.29. The van der Waals surface area contributed by atoms with Crippen LogP contribution in [-0.2, 0) is 10.0 Å². The summed E-state index contributed by atoms with van der Waals surface area (Å²) in [6.07, 6.45) is -2.96. The maximum atomic E-state index is 13.4. The molecule has 0 saturated carbocycles. The molecule has 8 heteroatoms. The molecule has 1 aromatic heterocycles. The number of hydrogen-bond acceptors (Lipinski definition) is 4. The van der Waals surface area contributed by atoms with Crippen LogP contribution in [0.15, 0.2) is 57.9 Å². The number of hydrogen-bond donors (Lipinski definition) is 1. The lowest BCUT2D eigenvalue weighted by Crippen LogP contribution is -2.13. The molecule has 0 bridgehead atoms. The first-order valence-corrected chi connectivity index (χ1v) is 8.80. The number of rotatable bonds is 4. The third kappa shape index (κ3) is 3.31. The van der Waals surface area contributed by atoms with Crippen LogP contribution >= 0.6 is 0 Å². The van der Waals surface area contributed by atoms with E-state index >= 15 is 0 Å². The van der Waals surface area contributed by atoms with Crippen LogP contribution in [0.3, 0.4) is 0 Å². The summed E-state index contributed by atoms with van der Waals surface area (Å²) in [6, 6.07) is 12.6. The van der Waals surface area contributed by atoms with Crippen molar-refractivity contribution >= 4 is 10.0 Å². The highest BCUT2D eigenvalue weighted by Gasteiger charge is 2.29. The van der Waals surface area contributed by atoms with Crippen LogP contribution in [0, 0.1) is 6.92 Å². The first-order chi connectivity index (χ1) is 11.8. The van der Waals surface area contributed by atoms with Crippen LogP contribution in [0.25, 0.3) is 22.4 Å². The monoisotopic (exact) mass is 364 g/mol. The molecule has 0 amide bonds. The Morgan fingerprint density at radius 3 is 2.32 bits per heavy atom. The van der Waals surface area contributed by atoms with Gasteiger partial charge in [0.1, 0.15) is 5.69 Å². The predicted molar refractivity (Wildman–Crippen MR) is 88.4 cm³/mol. The SMILES string of the molecule is Cc1ccc(-c2noc(C(F)F)c2-c2ccccc2S(N)(=O)=O)cc1. The third-order valence-corrected chi connectivity index (χ3v) is 4.67. The van der Waals surface area contributed by atoms with Gasteiger partial charge in [0.25, 0.3) is 6.43 Å². The van der Waals surface area contributed by atoms with E-state index in [1.54, 1.807) is 24.3 Å². The molecule has 0 atom stereocenters. The lowest BCUT2D eigenvalue weighted by Gasteiger charge is -2.09. The van der Waals surface area contributed by atoms with E-state index in [0.29, 0.717) is 5.56 Å². The quantitative estimate of drug-likeness (QED) is 0.761. The van der Waals surface area contributed by atoms with E-state index in [9.17, 15) is 17.2 Å². The van der Waals surface area contributed by atoms with Gasteiger partial charge in [-0.3, -0.25) is 0 Å². The van der Waals surface area contributed by atoms with Crippen molar-refractivity contribution in [3.05, 3.63) is 59.9 Å². The fraction of sp³-hybridized carbons (Fsp3) is 0.118. The molecule has 3 aromatic rings. The highest BCUT2D eigenvalue weighted by atomic mass is 32.2. The number of benzene rings is 2. The van der Waals surface area contributed by atoms with E-state index in [0.717, 1.165) is 5.56 Å². The van der Waals surface area contributed by atoms with Gasteiger partial charge in [0.2, 0.25) is 15.8 Å². The molecule has 0 unspecified atom stereocenters. The molecular weight excluding hydrogens is 350 g/mol. The number of halogens is 2. The molecule has 5 nitrogen and oxygen atoms in total. The standard InChI is InChI=1S/C17H14F2N2O3S/c1-10-6-8-11(9-7-10)15-14(16(17(18)19)24-21-15)12-4-2-3-5-13(12)25(20,22)23/h2-9,17H,1H3,(H2,20,22,23). The van der Waals surface area contributed by atoms with Gasteiger partial charge in [-0.15, -0.1) is 0 Å². The molecular formula is C17H14F2N2O3S. The van der Waals surface area contributed by atoms with Crippen molar-refractivity contribution in [3.63, 3.8) is 0 Å². The van der Waals surface area contributed by atoms with E-state index in [4.69, 9.17) is 9.66 Å². The Kier molecular flexibility index (Phi) is 4.40. The minimum atomic E-state index is -4.12. The van der Waals surface area contributed by atoms with Gasteiger partial charge in [0.05, 0.1) is 10.5 Å². The Morgan fingerprint density at radius 2 is 1.72 bits per heavy atom.